The minimum Gasteiger partial charge on any atom is -0.507 e. The van der Waals surface area contributed by atoms with E-state index in [0.29, 0.717) is 70.7 Å². The highest BCUT2D eigenvalue weighted by molar-refractivity contribution is 6.16. The van der Waals surface area contributed by atoms with E-state index >= 15 is 0 Å². The summed E-state index contributed by atoms with van der Waals surface area (Å²) >= 11 is 0. The number of carboxylic acids is 1. The molecule has 2 heterocycles. The van der Waals surface area contributed by atoms with Crippen molar-refractivity contribution in [2.24, 2.45) is 5.73 Å². The normalized spacial score (nSPS) is 12.0. The van der Waals surface area contributed by atoms with Gasteiger partial charge in [-0.1, -0.05) is 0 Å². The van der Waals surface area contributed by atoms with Gasteiger partial charge < -0.3 is 39.9 Å². The van der Waals surface area contributed by atoms with E-state index in [2.05, 4.69) is 10.3 Å². The first-order valence-corrected chi connectivity index (χ1v) is 13.1. The number of phenolic OH excluding ortho intramolecular Hbond substituents is 1. The molecule has 0 radical (unpaired) electrons. The topological polar surface area (TPSA) is 149 Å². The standard InChI is InChI=1S/C31H31N3O7/c1-38-21-13-18(14-22(15-21)39-2)7-12-40-20-3-4-23-24(16-20)29(35)27(26-25(31(36)37)17-41-30(23)26)28(34-11-8-32)19-5-9-33-10-6-19/h3-6,9-10,13-17,28,34-35H,7-8,11-12,32H2,1-2H3,(H,36,37). The summed E-state index contributed by atoms with van der Waals surface area (Å²) in [6, 6.07) is 13.9. The molecule has 0 bridgehead atoms. The smallest absolute Gasteiger partial charge is 0.339 e. The molecule has 1 atom stereocenters. The first-order chi connectivity index (χ1) is 19.9. The molecule has 3 aromatic carbocycles. The monoisotopic (exact) mass is 557 g/mol. The Morgan fingerprint density at radius 1 is 1.02 bits per heavy atom. The third-order valence-electron chi connectivity index (χ3n) is 6.93. The number of fused-ring (bicyclic) bond motifs is 3. The van der Waals surface area contributed by atoms with Crippen LogP contribution >= 0.6 is 0 Å². The first-order valence-electron chi connectivity index (χ1n) is 13.1. The van der Waals surface area contributed by atoms with Crippen LogP contribution in [0.25, 0.3) is 21.7 Å². The van der Waals surface area contributed by atoms with E-state index in [4.69, 9.17) is 24.4 Å². The molecule has 0 aliphatic carbocycles. The molecule has 0 fully saturated rings. The summed E-state index contributed by atoms with van der Waals surface area (Å²) in [5.74, 6) is 0.680. The number of pyridine rings is 1. The van der Waals surface area contributed by atoms with Crippen LogP contribution in [0, 0.1) is 0 Å². The largest absolute Gasteiger partial charge is 0.507 e. The van der Waals surface area contributed by atoms with Crippen molar-refractivity contribution >= 4 is 27.7 Å². The lowest BCUT2D eigenvalue weighted by molar-refractivity contribution is 0.0698. The lowest BCUT2D eigenvalue weighted by atomic mass is 9.90. The van der Waals surface area contributed by atoms with Crippen molar-refractivity contribution in [3.63, 3.8) is 0 Å². The van der Waals surface area contributed by atoms with Crippen LogP contribution in [0.5, 0.6) is 23.0 Å². The number of ether oxygens (including phenoxy) is 3. The number of methoxy groups -OCH3 is 2. The summed E-state index contributed by atoms with van der Waals surface area (Å²) in [4.78, 5) is 16.3. The van der Waals surface area contributed by atoms with Crippen molar-refractivity contribution in [2.45, 2.75) is 12.5 Å². The molecule has 0 amide bonds. The number of benzene rings is 3. The van der Waals surface area contributed by atoms with Crippen LogP contribution in [0.3, 0.4) is 0 Å². The highest BCUT2D eigenvalue weighted by Gasteiger charge is 2.28. The van der Waals surface area contributed by atoms with E-state index in [9.17, 15) is 15.0 Å². The highest BCUT2D eigenvalue weighted by atomic mass is 16.5. The zero-order valence-corrected chi connectivity index (χ0v) is 22.7. The molecule has 0 saturated heterocycles. The number of hydrogen-bond donors (Lipinski definition) is 4. The van der Waals surface area contributed by atoms with Crippen molar-refractivity contribution in [3.8, 4) is 23.0 Å². The number of carboxylic acid groups (broad SMARTS) is 1. The second-order valence-corrected chi connectivity index (χ2v) is 9.40. The van der Waals surface area contributed by atoms with Gasteiger partial charge in [-0.25, -0.2) is 4.79 Å². The van der Waals surface area contributed by atoms with Crippen LogP contribution < -0.4 is 25.3 Å². The Balaban J connectivity index is 1.57. The number of aromatic carboxylic acids is 1. The van der Waals surface area contributed by atoms with Gasteiger partial charge in [-0.2, -0.15) is 0 Å². The maximum Gasteiger partial charge on any atom is 0.339 e. The Hall–Kier alpha value is -4.80. The summed E-state index contributed by atoms with van der Waals surface area (Å²) < 4.78 is 22.6. The Bertz CT molecular complexity index is 1660. The fraction of sp³-hybridized carbons (Fsp3) is 0.226. The number of nitrogens with one attached hydrogen (secondary N) is 1. The third-order valence-corrected chi connectivity index (χ3v) is 6.93. The lowest BCUT2D eigenvalue weighted by Gasteiger charge is -2.23. The van der Waals surface area contributed by atoms with Gasteiger partial charge in [0.1, 0.15) is 40.4 Å². The molecule has 10 nitrogen and oxygen atoms in total. The molecule has 0 aliphatic heterocycles. The summed E-state index contributed by atoms with van der Waals surface area (Å²) in [5, 5.41) is 26.4. The van der Waals surface area contributed by atoms with E-state index < -0.39 is 12.0 Å². The fourth-order valence-electron chi connectivity index (χ4n) is 5.00. The molecular weight excluding hydrogens is 526 g/mol. The number of rotatable bonds is 12. The van der Waals surface area contributed by atoms with Crippen LogP contribution in [0.4, 0.5) is 0 Å². The summed E-state index contributed by atoms with van der Waals surface area (Å²) in [7, 11) is 3.20. The van der Waals surface area contributed by atoms with Gasteiger partial charge in [0.15, 0.2) is 0 Å². The molecule has 1 unspecified atom stereocenters. The fourth-order valence-corrected chi connectivity index (χ4v) is 5.00. The minimum absolute atomic E-state index is 0.0464. The Kier molecular flexibility index (Phi) is 8.23. The molecule has 212 valence electrons. The van der Waals surface area contributed by atoms with Gasteiger partial charge in [0, 0.05) is 59.7 Å². The van der Waals surface area contributed by atoms with Gasteiger partial charge in [0.2, 0.25) is 0 Å². The first kappa shape index (κ1) is 27.8. The van der Waals surface area contributed by atoms with Gasteiger partial charge in [0.05, 0.1) is 26.9 Å². The van der Waals surface area contributed by atoms with Crippen molar-refractivity contribution in [2.75, 3.05) is 33.9 Å². The summed E-state index contributed by atoms with van der Waals surface area (Å²) in [6.45, 7) is 1.12. The predicted octanol–water partition coefficient (Wildman–Crippen LogP) is 4.66. The molecular formula is C31H31N3O7. The third kappa shape index (κ3) is 5.60. The van der Waals surface area contributed by atoms with Crippen molar-refractivity contribution in [1.29, 1.82) is 0 Å². The molecule has 5 N–H and O–H groups in total. The number of carbonyl (C=O) groups is 1. The summed E-state index contributed by atoms with van der Waals surface area (Å²) in [6.07, 6.45) is 5.07. The van der Waals surface area contributed by atoms with E-state index in [1.165, 1.54) is 6.26 Å². The van der Waals surface area contributed by atoms with Gasteiger partial charge >= 0.3 is 5.97 Å². The maximum atomic E-state index is 12.2. The number of aromatic hydroxyl groups is 1. The molecule has 0 aliphatic rings. The van der Waals surface area contributed by atoms with E-state index in [1.807, 2.05) is 12.1 Å². The van der Waals surface area contributed by atoms with Crippen LogP contribution in [-0.4, -0.2) is 55.1 Å². The van der Waals surface area contributed by atoms with Crippen molar-refractivity contribution < 1.29 is 33.6 Å². The molecule has 5 rings (SSSR count). The van der Waals surface area contributed by atoms with Crippen LogP contribution in [0.15, 0.2) is 71.6 Å². The zero-order chi connectivity index (χ0) is 28.9. The second kappa shape index (κ2) is 12.2. The van der Waals surface area contributed by atoms with Gasteiger partial charge in [-0.15, -0.1) is 0 Å². The molecule has 0 saturated carbocycles. The number of phenols is 1. The van der Waals surface area contributed by atoms with Gasteiger partial charge in [-0.3, -0.25) is 4.98 Å². The number of furan rings is 1. The van der Waals surface area contributed by atoms with Crippen LogP contribution in [-0.2, 0) is 6.42 Å². The van der Waals surface area contributed by atoms with Crippen molar-refractivity contribution in [3.05, 3.63) is 89.4 Å². The second-order valence-electron chi connectivity index (χ2n) is 9.40. The quantitative estimate of drug-likeness (QED) is 0.171. The predicted molar refractivity (Wildman–Crippen MR) is 154 cm³/mol. The number of aromatic nitrogens is 1. The van der Waals surface area contributed by atoms with E-state index in [1.54, 1.807) is 63.0 Å². The number of nitrogens with two attached hydrogens (primary N) is 1. The number of nitrogens with zero attached hydrogens (tertiary/aromatic N) is 1. The zero-order valence-electron chi connectivity index (χ0n) is 22.7. The molecule has 0 spiro atoms. The summed E-state index contributed by atoms with van der Waals surface area (Å²) in [5.41, 5.74) is 8.24. The Labute approximate surface area is 236 Å². The number of hydrogen-bond acceptors (Lipinski definition) is 9. The van der Waals surface area contributed by atoms with Crippen LogP contribution in [0.1, 0.15) is 33.1 Å². The average molecular weight is 558 g/mol. The molecule has 5 aromatic rings. The maximum absolute atomic E-state index is 12.2. The van der Waals surface area contributed by atoms with Gasteiger partial charge in [0.25, 0.3) is 0 Å². The molecule has 2 aromatic heterocycles. The Morgan fingerprint density at radius 3 is 2.41 bits per heavy atom. The minimum atomic E-state index is -1.16. The lowest BCUT2D eigenvalue weighted by Crippen LogP contribution is -2.28. The van der Waals surface area contributed by atoms with E-state index in [-0.39, 0.29) is 11.3 Å². The molecule has 10 heteroatoms. The van der Waals surface area contributed by atoms with Gasteiger partial charge in [-0.05, 0) is 53.6 Å². The SMILES string of the molecule is COc1cc(CCOc2ccc3c(c2)c(O)c(C(NCCN)c2ccncc2)c2c(C(=O)O)coc23)cc(OC)c1. The van der Waals surface area contributed by atoms with E-state index in [0.717, 1.165) is 11.1 Å². The van der Waals surface area contributed by atoms with Crippen LogP contribution in [0.2, 0.25) is 0 Å². The highest BCUT2D eigenvalue weighted by Crippen LogP contribution is 2.45. The Morgan fingerprint density at radius 2 is 1.76 bits per heavy atom. The molecule has 41 heavy (non-hydrogen) atoms. The van der Waals surface area contributed by atoms with Crippen molar-refractivity contribution in [1.82, 2.24) is 10.3 Å². The average Bonchev–Trinajstić information content (AvgIpc) is 3.44.